The number of rotatable bonds is 8. The Morgan fingerprint density at radius 1 is 1.28 bits per heavy atom. The predicted octanol–water partition coefficient (Wildman–Crippen LogP) is 3.16. The Labute approximate surface area is 170 Å². The van der Waals surface area contributed by atoms with E-state index in [2.05, 4.69) is 20.6 Å². The van der Waals surface area contributed by atoms with E-state index in [0.29, 0.717) is 17.8 Å². The molecule has 2 aromatic rings. The van der Waals surface area contributed by atoms with Gasteiger partial charge in [-0.05, 0) is 37.5 Å². The minimum absolute atomic E-state index is 0.102. The van der Waals surface area contributed by atoms with Crippen LogP contribution in [0.15, 0.2) is 42.1 Å². The Morgan fingerprint density at radius 2 is 2.00 bits per heavy atom. The molecule has 0 saturated heterocycles. The van der Waals surface area contributed by atoms with Gasteiger partial charge < -0.3 is 10.6 Å². The highest BCUT2D eigenvalue weighted by Gasteiger charge is 2.16. The molecule has 1 heterocycles. The second kappa shape index (κ2) is 9.60. The molecule has 1 aromatic heterocycles. The second-order valence-electron chi connectivity index (χ2n) is 6.77. The number of carbonyl (C=O) groups excluding carboxylic acids is 1. The Balaban J connectivity index is 2.06. The van der Waals surface area contributed by atoms with Gasteiger partial charge in [-0.3, -0.25) is 4.79 Å². The fourth-order valence-electron chi connectivity index (χ4n) is 2.69. The Hall–Kier alpha value is -2.81. The number of hydrogen-bond donors (Lipinski definition) is 2. The van der Waals surface area contributed by atoms with E-state index in [4.69, 9.17) is 0 Å². The lowest BCUT2D eigenvalue weighted by Crippen LogP contribution is -2.32. The lowest BCUT2D eigenvalue weighted by molar-refractivity contribution is 0.0941. The molecule has 0 fully saturated rings. The van der Waals surface area contributed by atoms with Crippen molar-refractivity contribution in [1.29, 1.82) is 0 Å². The molecule has 1 aromatic carbocycles. The zero-order valence-corrected chi connectivity index (χ0v) is 17.6. The zero-order valence-electron chi connectivity index (χ0n) is 16.8. The highest BCUT2D eigenvalue weighted by atomic mass is 32.2. The fourth-order valence-corrected chi connectivity index (χ4v) is 3.21. The fraction of sp³-hybridized carbons (Fsp3) is 0.350. The van der Waals surface area contributed by atoms with E-state index in [0.717, 1.165) is 17.2 Å². The zero-order chi connectivity index (χ0) is 21.6. The van der Waals surface area contributed by atoms with Crippen LogP contribution in [0, 0.1) is 12.7 Å². The Kier molecular flexibility index (Phi) is 7.44. The van der Waals surface area contributed by atoms with Crippen molar-refractivity contribution in [3.63, 3.8) is 0 Å². The van der Waals surface area contributed by atoms with Gasteiger partial charge in [-0.2, -0.15) is 0 Å². The van der Waals surface area contributed by atoms with Crippen LogP contribution in [0.4, 0.5) is 10.2 Å². The highest BCUT2D eigenvalue weighted by Crippen LogP contribution is 2.25. The summed E-state index contributed by atoms with van der Waals surface area (Å²) in [5.74, 6) is -0.273. The van der Waals surface area contributed by atoms with Crippen LogP contribution in [0.5, 0.6) is 0 Å². The van der Waals surface area contributed by atoms with Gasteiger partial charge in [0.2, 0.25) is 0 Å². The van der Waals surface area contributed by atoms with Gasteiger partial charge in [0.05, 0.1) is 18.4 Å². The minimum atomic E-state index is -3.26. The van der Waals surface area contributed by atoms with Crippen molar-refractivity contribution in [2.75, 3.05) is 11.6 Å². The van der Waals surface area contributed by atoms with Crippen LogP contribution < -0.4 is 10.6 Å². The van der Waals surface area contributed by atoms with Crippen molar-refractivity contribution in [3.8, 4) is 0 Å². The summed E-state index contributed by atoms with van der Waals surface area (Å²) in [5, 5.41) is 6.87. The minimum Gasteiger partial charge on any atom is -0.362 e. The first-order valence-electron chi connectivity index (χ1n) is 9.13. The topological polar surface area (TPSA) is 101 Å². The van der Waals surface area contributed by atoms with Gasteiger partial charge in [-0.15, -0.1) is 0 Å². The maximum Gasteiger partial charge on any atom is 0.271 e. The molecule has 0 aliphatic rings. The van der Waals surface area contributed by atoms with Crippen molar-refractivity contribution in [1.82, 2.24) is 15.3 Å². The maximum absolute atomic E-state index is 13.8. The molecule has 29 heavy (non-hydrogen) atoms. The first kappa shape index (κ1) is 22.5. The van der Waals surface area contributed by atoms with Crippen molar-refractivity contribution in [2.24, 2.45) is 0 Å². The number of nitrogens with one attached hydrogen (secondary N) is 2. The lowest BCUT2D eigenvalue weighted by Gasteiger charge is -2.20. The standard InChI is InChI=1S/C20H25FN4O3S/c1-5-17(15-7-6-8-16(21)14(15)3)25-19-12-22-18(11-23-19)20(26)24-13(2)9-10-29(4,27)28/h6-13,17H,5H2,1-4H3,(H,23,25)(H,24,26)/b10-9+/t13-,17+/m1/s1. The third-order valence-electron chi connectivity index (χ3n) is 4.27. The monoisotopic (exact) mass is 420 g/mol. The SMILES string of the molecule is CC[C@H](Nc1cnc(C(=O)N[C@H](C)/C=C/S(C)(=O)=O)cn1)c1cccc(F)c1C. The summed E-state index contributed by atoms with van der Waals surface area (Å²) in [5.41, 5.74) is 1.51. The van der Waals surface area contributed by atoms with Crippen molar-refractivity contribution < 1.29 is 17.6 Å². The summed E-state index contributed by atoms with van der Waals surface area (Å²) >= 11 is 0. The summed E-state index contributed by atoms with van der Waals surface area (Å²) in [7, 11) is -3.26. The third kappa shape index (κ3) is 6.63. The number of nitrogens with zero attached hydrogens (tertiary/aromatic N) is 2. The van der Waals surface area contributed by atoms with Gasteiger partial charge in [-0.1, -0.05) is 25.1 Å². The van der Waals surface area contributed by atoms with Crippen LogP contribution in [0.2, 0.25) is 0 Å². The van der Waals surface area contributed by atoms with Crippen molar-refractivity contribution in [3.05, 3.63) is 64.7 Å². The molecule has 2 rings (SSSR count). The number of halogens is 1. The number of aromatic nitrogens is 2. The van der Waals surface area contributed by atoms with E-state index in [1.54, 1.807) is 19.9 Å². The second-order valence-corrected chi connectivity index (χ2v) is 8.70. The normalized spacial score (nSPS) is 13.8. The van der Waals surface area contributed by atoms with Crippen LogP contribution in [0.25, 0.3) is 0 Å². The van der Waals surface area contributed by atoms with Crippen molar-refractivity contribution >= 4 is 21.6 Å². The average molecular weight is 421 g/mol. The molecular formula is C20H25FN4O3S. The van der Waals surface area contributed by atoms with E-state index in [9.17, 15) is 17.6 Å². The molecule has 2 atom stereocenters. The predicted molar refractivity (Wildman–Crippen MR) is 111 cm³/mol. The summed E-state index contributed by atoms with van der Waals surface area (Å²) < 4.78 is 36.1. The molecule has 7 nitrogen and oxygen atoms in total. The number of anilines is 1. The largest absolute Gasteiger partial charge is 0.362 e. The highest BCUT2D eigenvalue weighted by molar-refractivity contribution is 7.93. The first-order valence-corrected chi connectivity index (χ1v) is 11.1. The van der Waals surface area contributed by atoms with E-state index >= 15 is 0 Å². The molecule has 0 saturated carbocycles. The summed E-state index contributed by atoms with van der Waals surface area (Å²) in [6.07, 6.45) is 5.92. The molecule has 0 aliphatic heterocycles. The molecule has 9 heteroatoms. The van der Waals surface area contributed by atoms with Crippen molar-refractivity contribution in [2.45, 2.75) is 39.3 Å². The van der Waals surface area contributed by atoms with Gasteiger partial charge in [0.25, 0.3) is 5.91 Å². The molecule has 0 spiro atoms. The van der Waals surface area contributed by atoms with E-state index in [-0.39, 0.29) is 17.6 Å². The van der Waals surface area contributed by atoms with Crippen LogP contribution >= 0.6 is 0 Å². The first-order chi connectivity index (χ1) is 13.6. The Morgan fingerprint density at radius 3 is 2.59 bits per heavy atom. The van der Waals surface area contributed by atoms with Crippen LogP contribution in [-0.2, 0) is 9.84 Å². The summed E-state index contributed by atoms with van der Waals surface area (Å²) in [4.78, 5) is 20.5. The average Bonchev–Trinajstić information content (AvgIpc) is 2.67. The van der Waals surface area contributed by atoms with E-state index in [1.807, 2.05) is 13.0 Å². The lowest BCUT2D eigenvalue weighted by atomic mass is 9.99. The molecule has 0 aliphatic carbocycles. The molecular weight excluding hydrogens is 395 g/mol. The number of benzene rings is 1. The van der Waals surface area contributed by atoms with E-state index in [1.165, 1.54) is 24.5 Å². The van der Waals surface area contributed by atoms with Crippen LogP contribution in [0.3, 0.4) is 0 Å². The molecule has 0 radical (unpaired) electrons. The number of amides is 1. The quantitative estimate of drug-likeness (QED) is 0.680. The van der Waals surface area contributed by atoms with E-state index < -0.39 is 21.8 Å². The van der Waals surface area contributed by atoms with Crippen LogP contribution in [-0.4, -0.2) is 36.6 Å². The molecule has 156 valence electrons. The van der Waals surface area contributed by atoms with Gasteiger partial charge in [-0.25, -0.2) is 22.8 Å². The summed E-state index contributed by atoms with van der Waals surface area (Å²) in [6.45, 7) is 5.35. The summed E-state index contributed by atoms with van der Waals surface area (Å²) in [6, 6.07) is 4.31. The third-order valence-corrected chi connectivity index (χ3v) is 4.92. The molecule has 0 bridgehead atoms. The van der Waals surface area contributed by atoms with Crippen LogP contribution in [0.1, 0.15) is 47.9 Å². The van der Waals surface area contributed by atoms with Gasteiger partial charge in [0.1, 0.15) is 17.3 Å². The molecule has 2 N–H and O–H groups in total. The maximum atomic E-state index is 13.8. The van der Waals surface area contributed by atoms with Gasteiger partial charge >= 0.3 is 0 Å². The smallest absolute Gasteiger partial charge is 0.271 e. The van der Waals surface area contributed by atoms with Gasteiger partial charge in [0.15, 0.2) is 9.84 Å². The number of carbonyl (C=O) groups is 1. The Bertz CT molecular complexity index is 991. The number of sulfone groups is 1. The molecule has 1 amide bonds. The number of hydrogen-bond acceptors (Lipinski definition) is 6. The molecule has 0 unspecified atom stereocenters. The van der Waals surface area contributed by atoms with Gasteiger partial charge in [0, 0.05) is 17.7 Å².